The third-order valence-corrected chi connectivity index (χ3v) is 4.49. The number of aryl methyl sites for hydroxylation is 1. The topological polar surface area (TPSA) is 37.6 Å². The van der Waals surface area contributed by atoms with Crippen molar-refractivity contribution in [2.45, 2.75) is 20.0 Å². The van der Waals surface area contributed by atoms with Crippen molar-refractivity contribution in [2.75, 3.05) is 12.4 Å². The summed E-state index contributed by atoms with van der Waals surface area (Å²) in [6.45, 7) is 2.72. The third kappa shape index (κ3) is 4.86. The molecular formula is C21H21FN2O2S. The van der Waals surface area contributed by atoms with E-state index in [1.54, 1.807) is 25.5 Å². The summed E-state index contributed by atoms with van der Waals surface area (Å²) >= 11 is 5.61. The zero-order valence-corrected chi connectivity index (χ0v) is 16.1. The summed E-state index contributed by atoms with van der Waals surface area (Å²) in [6.07, 6.45) is 1.61. The van der Waals surface area contributed by atoms with Gasteiger partial charge < -0.3 is 19.4 Å². The van der Waals surface area contributed by atoms with Crippen molar-refractivity contribution >= 4 is 23.0 Å². The zero-order chi connectivity index (χ0) is 19.2. The van der Waals surface area contributed by atoms with E-state index in [-0.39, 0.29) is 5.82 Å². The highest BCUT2D eigenvalue weighted by Crippen LogP contribution is 2.26. The largest absolute Gasteiger partial charge is 0.495 e. The first kappa shape index (κ1) is 18.9. The van der Waals surface area contributed by atoms with Crippen LogP contribution in [-0.4, -0.2) is 17.1 Å². The van der Waals surface area contributed by atoms with E-state index in [9.17, 15) is 4.39 Å². The standard InChI is InChI=1S/C21H21FN2O2S/c1-15-9-10-19(20(12-15)25-2)23-21(27)24(14-17-7-5-11-26-17)13-16-6-3-4-8-18(16)22/h3-12H,13-14H2,1-2H3,(H,23,27). The first-order valence-electron chi connectivity index (χ1n) is 8.53. The first-order valence-corrected chi connectivity index (χ1v) is 8.94. The van der Waals surface area contributed by atoms with Gasteiger partial charge in [0.05, 0.1) is 25.6 Å². The van der Waals surface area contributed by atoms with E-state index in [2.05, 4.69) is 5.32 Å². The molecule has 0 aliphatic carbocycles. The summed E-state index contributed by atoms with van der Waals surface area (Å²) in [5.41, 5.74) is 2.40. The fourth-order valence-electron chi connectivity index (χ4n) is 2.72. The number of thiocarbonyl (C=S) groups is 1. The van der Waals surface area contributed by atoms with Crippen LogP contribution in [0.1, 0.15) is 16.9 Å². The van der Waals surface area contributed by atoms with Crippen LogP contribution < -0.4 is 10.1 Å². The second-order valence-corrected chi connectivity index (χ2v) is 6.55. The Morgan fingerprint density at radius 3 is 2.67 bits per heavy atom. The molecule has 0 saturated heterocycles. The summed E-state index contributed by atoms with van der Waals surface area (Å²) in [5.74, 6) is 1.17. The third-order valence-electron chi connectivity index (χ3n) is 4.13. The molecule has 6 heteroatoms. The van der Waals surface area contributed by atoms with Crippen molar-refractivity contribution in [1.29, 1.82) is 0 Å². The van der Waals surface area contributed by atoms with Crippen LogP contribution in [0.25, 0.3) is 0 Å². The number of rotatable bonds is 6. The highest BCUT2D eigenvalue weighted by molar-refractivity contribution is 7.80. The van der Waals surface area contributed by atoms with Gasteiger partial charge in [-0.05, 0) is 55.0 Å². The number of furan rings is 1. The molecule has 0 saturated carbocycles. The van der Waals surface area contributed by atoms with Crippen LogP contribution in [0.2, 0.25) is 0 Å². The average Bonchev–Trinajstić information content (AvgIpc) is 3.17. The van der Waals surface area contributed by atoms with Gasteiger partial charge >= 0.3 is 0 Å². The zero-order valence-electron chi connectivity index (χ0n) is 15.2. The van der Waals surface area contributed by atoms with E-state index in [0.717, 1.165) is 17.0 Å². The Balaban J connectivity index is 1.83. The second-order valence-electron chi connectivity index (χ2n) is 6.16. The summed E-state index contributed by atoms with van der Waals surface area (Å²) in [5, 5.41) is 3.66. The molecule has 3 rings (SSSR count). The molecule has 140 valence electrons. The molecule has 2 aromatic carbocycles. The minimum atomic E-state index is -0.266. The number of nitrogens with one attached hydrogen (secondary N) is 1. The van der Waals surface area contributed by atoms with E-state index >= 15 is 0 Å². The van der Waals surface area contributed by atoms with E-state index in [0.29, 0.717) is 29.5 Å². The van der Waals surface area contributed by atoms with Crippen LogP contribution in [-0.2, 0) is 13.1 Å². The van der Waals surface area contributed by atoms with Crippen molar-refractivity contribution < 1.29 is 13.5 Å². The van der Waals surface area contributed by atoms with Gasteiger partial charge in [-0.3, -0.25) is 0 Å². The fraction of sp³-hybridized carbons (Fsp3) is 0.190. The number of hydrogen-bond acceptors (Lipinski definition) is 3. The van der Waals surface area contributed by atoms with E-state index < -0.39 is 0 Å². The number of hydrogen-bond donors (Lipinski definition) is 1. The predicted molar refractivity (Wildman–Crippen MR) is 108 cm³/mol. The van der Waals surface area contributed by atoms with Crippen molar-refractivity contribution in [3.8, 4) is 5.75 Å². The predicted octanol–water partition coefficient (Wildman–Crippen LogP) is 5.13. The first-order chi connectivity index (χ1) is 13.1. The van der Waals surface area contributed by atoms with Crippen LogP contribution in [0.4, 0.5) is 10.1 Å². The van der Waals surface area contributed by atoms with Gasteiger partial charge in [0.1, 0.15) is 17.3 Å². The lowest BCUT2D eigenvalue weighted by Gasteiger charge is -2.26. The number of anilines is 1. The van der Waals surface area contributed by atoms with Gasteiger partial charge in [0.15, 0.2) is 5.11 Å². The molecule has 0 unspecified atom stereocenters. The number of methoxy groups -OCH3 is 1. The van der Waals surface area contributed by atoms with Crippen LogP contribution >= 0.6 is 12.2 Å². The lowest BCUT2D eigenvalue weighted by Crippen LogP contribution is -2.34. The molecule has 1 heterocycles. The molecule has 27 heavy (non-hydrogen) atoms. The molecule has 0 aliphatic rings. The SMILES string of the molecule is COc1cc(C)ccc1NC(=S)N(Cc1ccco1)Cc1ccccc1F. The van der Waals surface area contributed by atoms with Crippen LogP contribution in [0.3, 0.4) is 0 Å². The lowest BCUT2D eigenvalue weighted by atomic mass is 10.2. The number of nitrogens with zero attached hydrogens (tertiary/aromatic N) is 1. The van der Waals surface area contributed by atoms with E-state index in [1.165, 1.54) is 6.07 Å². The van der Waals surface area contributed by atoms with E-state index in [1.807, 2.05) is 48.2 Å². The molecule has 0 radical (unpaired) electrons. The summed E-state index contributed by atoms with van der Waals surface area (Å²) in [6, 6.07) is 16.2. The van der Waals surface area contributed by atoms with Gasteiger partial charge in [0.2, 0.25) is 0 Å². The summed E-state index contributed by atoms with van der Waals surface area (Å²) in [4.78, 5) is 1.85. The van der Waals surface area contributed by atoms with Crippen molar-refractivity contribution in [1.82, 2.24) is 4.90 Å². The van der Waals surface area contributed by atoms with Crippen molar-refractivity contribution in [2.24, 2.45) is 0 Å². The van der Waals surface area contributed by atoms with Crippen LogP contribution in [0, 0.1) is 12.7 Å². The molecule has 0 amide bonds. The number of ether oxygens (including phenoxy) is 1. The molecule has 1 aromatic heterocycles. The van der Waals surface area contributed by atoms with Gasteiger partial charge in [0.25, 0.3) is 0 Å². The maximum absolute atomic E-state index is 14.1. The molecular weight excluding hydrogens is 363 g/mol. The molecule has 1 N–H and O–H groups in total. The number of benzene rings is 2. The Morgan fingerprint density at radius 2 is 1.96 bits per heavy atom. The maximum Gasteiger partial charge on any atom is 0.174 e. The molecule has 0 fully saturated rings. The van der Waals surface area contributed by atoms with Crippen LogP contribution in [0.5, 0.6) is 5.75 Å². The molecule has 4 nitrogen and oxygen atoms in total. The van der Waals surface area contributed by atoms with Crippen LogP contribution in [0.15, 0.2) is 65.3 Å². The second kappa shape index (κ2) is 8.68. The lowest BCUT2D eigenvalue weighted by molar-refractivity contribution is 0.355. The molecule has 3 aromatic rings. The highest BCUT2D eigenvalue weighted by Gasteiger charge is 2.16. The van der Waals surface area contributed by atoms with E-state index in [4.69, 9.17) is 21.4 Å². The Bertz CT molecular complexity index is 912. The maximum atomic E-state index is 14.1. The van der Waals surface area contributed by atoms with Gasteiger partial charge in [0, 0.05) is 12.1 Å². The summed E-state index contributed by atoms with van der Waals surface area (Å²) in [7, 11) is 1.61. The average molecular weight is 384 g/mol. The van der Waals surface area contributed by atoms with Gasteiger partial charge in [-0.15, -0.1) is 0 Å². The Hall–Kier alpha value is -2.86. The quantitative estimate of drug-likeness (QED) is 0.596. The van der Waals surface area contributed by atoms with Crippen molar-refractivity contribution in [3.05, 3.63) is 83.6 Å². The Labute approximate surface area is 163 Å². The Morgan fingerprint density at radius 1 is 1.15 bits per heavy atom. The molecule has 0 bridgehead atoms. The minimum Gasteiger partial charge on any atom is -0.495 e. The highest BCUT2D eigenvalue weighted by atomic mass is 32.1. The fourth-order valence-corrected chi connectivity index (χ4v) is 2.96. The Kier molecular flexibility index (Phi) is 6.08. The van der Waals surface area contributed by atoms with Gasteiger partial charge in [-0.25, -0.2) is 4.39 Å². The number of halogens is 1. The van der Waals surface area contributed by atoms with Crippen molar-refractivity contribution in [3.63, 3.8) is 0 Å². The van der Waals surface area contributed by atoms with Gasteiger partial charge in [-0.2, -0.15) is 0 Å². The minimum absolute atomic E-state index is 0.266. The summed E-state index contributed by atoms with van der Waals surface area (Å²) < 4.78 is 25.0. The molecule has 0 atom stereocenters. The smallest absolute Gasteiger partial charge is 0.174 e. The van der Waals surface area contributed by atoms with Gasteiger partial charge in [-0.1, -0.05) is 24.3 Å². The normalized spacial score (nSPS) is 10.5. The monoisotopic (exact) mass is 384 g/mol. The molecule has 0 aliphatic heterocycles. The molecule has 0 spiro atoms.